The number of nitrogens with zero attached hydrogens (tertiary/aromatic N) is 3. The topological polar surface area (TPSA) is 87.5 Å². The quantitative estimate of drug-likeness (QED) is 0.792. The SMILES string of the molecule is CCCc1c(NC(=O)N(C)CC(C)C(=O)O)cnn1-c1cccc(F)c1. The van der Waals surface area contributed by atoms with Gasteiger partial charge in [0.15, 0.2) is 0 Å². The van der Waals surface area contributed by atoms with Crippen molar-refractivity contribution in [3.8, 4) is 5.69 Å². The normalized spacial score (nSPS) is 11.8. The number of carboxylic acids is 1. The number of nitrogens with one attached hydrogen (secondary N) is 1. The maximum Gasteiger partial charge on any atom is 0.321 e. The van der Waals surface area contributed by atoms with Gasteiger partial charge < -0.3 is 15.3 Å². The fourth-order valence-corrected chi connectivity index (χ4v) is 2.57. The van der Waals surface area contributed by atoms with Crippen LogP contribution in [0.15, 0.2) is 30.5 Å². The molecule has 0 aliphatic carbocycles. The second-order valence-electron chi connectivity index (χ2n) is 6.20. The van der Waals surface area contributed by atoms with Crippen LogP contribution in [0.5, 0.6) is 0 Å². The van der Waals surface area contributed by atoms with Gasteiger partial charge in [0.25, 0.3) is 0 Å². The van der Waals surface area contributed by atoms with Crippen molar-refractivity contribution >= 4 is 17.7 Å². The average Bonchev–Trinajstić information content (AvgIpc) is 2.97. The van der Waals surface area contributed by atoms with Gasteiger partial charge in [0.2, 0.25) is 0 Å². The van der Waals surface area contributed by atoms with Crippen molar-refractivity contribution in [2.75, 3.05) is 18.9 Å². The Kier molecular flexibility index (Phi) is 6.32. The fraction of sp³-hybridized carbons (Fsp3) is 0.389. The lowest BCUT2D eigenvalue weighted by Crippen LogP contribution is -2.36. The van der Waals surface area contributed by atoms with E-state index in [0.717, 1.165) is 12.1 Å². The van der Waals surface area contributed by atoms with Gasteiger partial charge in [-0.2, -0.15) is 5.10 Å². The Labute approximate surface area is 151 Å². The zero-order valence-electron chi connectivity index (χ0n) is 15.1. The van der Waals surface area contributed by atoms with Gasteiger partial charge in [0.05, 0.1) is 29.2 Å². The van der Waals surface area contributed by atoms with Crippen LogP contribution in [0, 0.1) is 11.7 Å². The number of hydrogen-bond donors (Lipinski definition) is 2. The molecule has 8 heteroatoms. The van der Waals surface area contributed by atoms with Crippen LogP contribution in [-0.4, -0.2) is 45.4 Å². The highest BCUT2D eigenvalue weighted by molar-refractivity contribution is 5.90. The number of hydrogen-bond acceptors (Lipinski definition) is 3. The highest BCUT2D eigenvalue weighted by atomic mass is 19.1. The van der Waals surface area contributed by atoms with Gasteiger partial charge >= 0.3 is 12.0 Å². The van der Waals surface area contributed by atoms with Crippen molar-refractivity contribution in [3.05, 3.63) is 42.0 Å². The van der Waals surface area contributed by atoms with Crippen LogP contribution in [-0.2, 0) is 11.2 Å². The molecule has 2 amide bonds. The van der Waals surface area contributed by atoms with Crippen LogP contribution < -0.4 is 5.32 Å². The number of aromatic nitrogens is 2. The molecule has 0 aliphatic rings. The number of carbonyl (C=O) groups excluding carboxylic acids is 1. The summed E-state index contributed by atoms with van der Waals surface area (Å²) < 4.78 is 15.1. The van der Waals surface area contributed by atoms with E-state index in [0.29, 0.717) is 17.8 Å². The van der Waals surface area contributed by atoms with E-state index in [-0.39, 0.29) is 12.4 Å². The number of carboxylic acid groups (broad SMARTS) is 1. The van der Waals surface area contributed by atoms with E-state index < -0.39 is 17.9 Å². The molecule has 1 unspecified atom stereocenters. The van der Waals surface area contributed by atoms with E-state index in [1.165, 1.54) is 37.2 Å². The third-order valence-corrected chi connectivity index (χ3v) is 3.97. The van der Waals surface area contributed by atoms with Gasteiger partial charge in [-0.15, -0.1) is 0 Å². The molecule has 0 spiro atoms. The molecule has 1 aromatic carbocycles. The second-order valence-corrected chi connectivity index (χ2v) is 6.20. The lowest BCUT2D eigenvalue weighted by atomic mass is 10.2. The first-order valence-electron chi connectivity index (χ1n) is 8.41. The highest BCUT2D eigenvalue weighted by Crippen LogP contribution is 2.22. The Bertz CT molecular complexity index is 790. The number of anilines is 1. The molecule has 0 radical (unpaired) electrons. The van der Waals surface area contributed by atoms with Crippen LogP contribution in [0.25, 0.3) is 5.69 Å². The summed E-state index contributed by atoms with van der Waals surface area (Å²) >= 11 is 0. The minimum absolute atomic E-state index is 0.0856. The first-order chi connectivity index (χ1) is 12.3. The predicted molar refractivity (Wildman–Crippen MR) is 96.0 cm³/mol. The summed E-state index contributed by atoms with van der Waals surface area (Å²) in [7, 11) is 1.53. The van der Waals surface area contributed by atoms with Gasteiger partial charge in [-0.3, -0.25) is 4.79 Å². The highest BCUT2D eigenvalue weighted by Gasteiger charge is 2.20. The fourth-order valence-electron chi connectivity index (χ4n) is 2.57. The van der Waals surface area contributed by atoms with Crippen molar-refractivity contribution in [1.82, 2.24) is 14.7 Å². The lowest BCUT2D eigenvalue weighted by molar-refractivity contribution is -0.141. The minimum Gasteiger partial charge on any atom is -0.481 e. The first-order valence-corrected chi connectivity index (χ1v) is 8.41. The summed E-state index contributed by atoms with van der Waals surface area (Å²) in [6, 6.07) is 5.64. The molecule has 0 saturated heterocycles. The summed E-state index contributed by atoms with van der Waals surface area (Å²) in [4.78, 5) is 24.6. The number of benzene rings is 1. The number of carbonyl (C=O) groups is 2. The third-order valence-electron chi connectivity index (χ3n) is 3.97. The number of rotatable bonds is 7. The number of aliphatic carboxylic acids is 1. The Hall–Kier alpha value is -2.90. The molecular formula is C18H23FN4O3. The maximum atomic E-state index is 13.5. The first kappa shape index (κ1) is 19.4. The van der Waals surface area contributed by atoms with Crippen molar-refractivity contribution in [2.24, 2.45) is 5.92 Å². The van der Waals surface area contributed by atoms with Gasteiger partial charge in [0, 0.05) is 13.6 Å². The molecule has 0 saturated carbocycles. The molecule has 2 N–H and O–H groups in total. The van der Waals surface area contributed by atoms with E-state index in [9.17, 15) is 14.0 Å². The van der Waals surface area contributed by atoms with Crippen LogP contribution in [0.3, 0.4) is 0 Å². The number of amides is 2. The van der Waals surface area contributed by atoms with E-state index in [4.69, 9.17) is 5.11 Å². The molecule has 1 heterocycles. The van der Waals surface area contributed by atoms with Gasteiger partial charge in [-0.1, -0.05) is 26.3 Å². The third kappa shape index (κ3) is 4.59. The molecule has 1 aromatic heterocycles. The molecule has 140 valence electrons. The summed E-state index contributed by atoms with van der Waals surface area (Å²) in [5, 5.41) is 16.0. The second kappa shape index (κ2) is 8.46. The molecule has 0 bridgehead atoms. The smallest absolute Gasteiger partial charge is 0.321 e. The van der Waals surface area contributed by atoms with E-state index in [2.05, 4.69) is 10.4 Å². The van der Waals surface area contributed by atoms with Crippen LogP contribution in [0.1, 0.15) is 26.0 Å². The zero-order chi connectivity index (χ0) is 19.3. The molecule has 7 nitrogen and oxygen atoms in total. The summed E-state index contributed by atoms with van der Waals surface area (Å²) in [5.41, 5.74) is 1.85. The van der Waals surface area contributed by atoms with E-state index >= 15 is 0 Å². The Morgan fingerprint density at radius 3 is 2.77 bits per heavy atom. The molecule has 0 aliphatic heterocycles. The van der Waals surface area contributed by atoms with Crippen molar-refractivity contribution in [3.63, 3.8) is 0 Å². The van der Waals surface area contributed by atoms with Crippen LogP contribution >= 0.6 is 0 Å². The summed E-state index contributed by atoms with van der Waals surface area (Å²) in [6.45, 7) is 3.62. The molecular weight excluding hydrogens is 339 g/mol. The minimum atomic E-state index is -0.963. The maximum absolute atomic E-state index is 13.5. The number of halogens is 1. The predicted octanol–water partition coefficient (Wildman–Crippen LogP) is 3.15. The Balaban J connectivity index is 2.22. The van der Waals surface area contributed by atoms with Gasteiger partial charge in [-0.25, -0.2) is 13.9 Å². The Morgan fingerprint density at radius 2 is 2.15 bits per heavy atom. The lowest BCUT2D eigenvalue weighted by Gasteiger charge is -2.20. The van der Waals surface area contributed by atoms with Gasteiger partial charge in [0.1, 0.15) is 5.82 Å². The summed E-state index contributed by atoms with van der Waals surface area (Å²) in [6.07, 6.45) is 2.97. The van der Waals surface area contributed by atoms with E-state index in [1.807, 2.05) is 6.92 Å². The largest absolute Gasteiger partial charge is 0.481 e. The molecule has 1 atom stereocenters. The average molecular weight is 362 g/mol. The van der Waals surface area contributed by atoms with Crippen molar-refractivity contribution < 1.29 is 19.1 Å². The van der Waals surface area contributed by atoms with Crippen molar-refractivity contribution in [2.45, 2.75) is 26.7 Å². The molecule has 2 rings (SSSR count). The molecule has 26 heavy (non-hydrogen) atoms. The van der Waals surface area contributed by atoms with Crippen LogP contribution in [0.4, 0.5) is 14.9 Å². The molecule has 0 fully saturated rings. The summed E-state index contributed by atoms with van der Waals surface area (Å²) in [5.74, 6) is -2.00. The van der Waals surface area contributed by atoms with Gasteiger partial charge in [-0.05, 0) is 24.6 Å². The van der Waals surface area contributed by atoms with E-state index in [1.54, 1.807) is 16.8 Å². The monoisotopic (exact) mass is 362 g/mol. The number of urea groups is 1. The van der Waals surface area contributed by atoms with Crippen LogP contribution in [0.2, 0.25) is 0 Å². The molecule has 2 aromatic rings. The zero-order valence-corrected chi connectivity index (χ0v) is 15.1. The van der Waals surface area contributed by atoms with Crippen molar-refractivity contribution in [1.29, 1.82) is 0 Å². The Morgan fingerprint density at radius 1 is 1.42 bits per heavy atom. The standard InChI is InChI=1S/C18H23FN4O3/c1-4-6-16-15(21-18(26)22(3)11-12(2)17(24)25)10-20-23(16)14-8-5-7-13(19)9-14/h5,7-10,12H,4,6,11H2,1-3H3,(H,21,26)(H,24,25).